The second-order valence-corrected chi connectivity index (χ2v) is 5.40. The summed E-state index contributed by atoms with van der Waals surface area (Å²) < 4.78 is 0. The van der Waals surface area contributed by atoms with E-state index in [1.807, 2.05) is 20.0 Å². The van der Waals surface area contributed by atoms with Gasteiger partial charge in [-0.3, -0.25) is 0 Å². The zero-order valence-electron chi connectivity index (χ0n) is 11.7. The van der Waals surface area contributed by atoms with Crippen molar-refractivity contribution in [3.05, 3.63) is 17.5 Å². The first-order valence-corrected chi connectivity index (χ1v) is 6.91. The fourth-order valence-electron chi connectivity index (χ4n) is 2.71. The molecule has 0 radical (unpaired) electrons. The number of aromatic nitrogens is 2. The number of nitrogens with two attached hydrogens (primary N) is 1. The summed E-state index contributed by atoms with van der Waals surface area (Å²) in [6.07, 6.45) is 8.41. The van der Waals surface area contributed by atoms with Crippen LogP contribution in [0.15, 0.2) is 6.20 Å². The molecule has 1 saturated carbocycles. The monoisotopic (exact) mass is 248 g/mol. The summed E-state index contributed by atoms with van der Waals surface area (Å²) in [7, 11) is 2.11. The van der Waals surface area contributed by atoms with Crippen molar-refractivity contribution in [2.75, 3.05) is 11.9 Å². The van der Waals surface area contributed by atoms with Gasteiger partial charge in [-0.2, -0.15) is 0 Å². The van der Waals surface area contributed by atoms with Crippen LogP contribution in [0.1, 0.15) is 56.3 Å². The Bertz CT molecular complexity index is 397. The van der Waals surface area contributed by atoms with Crippen molar-refractivity contribution in [1.29, 1.82) is 0 Å². The molecule has 18 heavy (non-hydrogen) atoms. The van der Waals surface area contributed by atoms with Gasteiger partial charge in [-0.1, -0.05) is 19.3 Å². The Morgan fingerprint density at radius 3 is 2.56 bits per heavy atom. The van der Waals surface area contributed by atoms with Crippen molar-refractivity contribution < 1.29 is 0 Å². The van der Waals surface area contributed by atoms with Crippen LogP contribution < -0.4 is 10.6 Å². The van der Waals surface area contributed by atoms with Crippen LogP contribution in [0, 0.1) is 6.92 Å². The van der Waals surface area contributed by atoms with Crippen LogP contribution in [-0.4, -0.2) is 23.1 Å². The van der Waals surface area contributed by atoms with Crippen LogP contribution in [0.3, 0.4) is 0 Å². The number of hydrogen-bond acceptors (Lipinski definition) is 4. The first-order chi connectivity index (χ1) is 8.59. The fraction of sp³-hybridized carbons (Fsp3) is 0.714. The van der Waals surface area contributed by atoms with Gasteiger partial charge in [0.05, 0.1) is 0 Å². The third-order valence-electron chi connectivity index (χ3n) is 3.93. The van der Waals surface area contributed by atoms with Gasteiger partial charge in [0.15, 0.2) is 0 Å². The minimum Gasteiger partial charge on any atom is -0.341 e. The zero-order valence-corrected chi connectivity index (χ0v) is 11.7. The SMILES string of the molecule is Cc1nc(N(C)C2CCCCC2)ncc1[C@@H](C)N. The molecule has 1 atom stereocenters. The Morgan fingerprint density at radius 2 is 2.00 bits per heavy atom. The van der Waals surface area contributed by atoms with Gasteiger partial charge in [0, 0.05) is 36.6 Å². The van der Waals surface area contributed by atoms with Crippen LogP contribution in [0.25, 0.3) is 0 Å². The van der Waals surface area contributed by atoms with E-state index in [1.54, 1.807) is 0 Å². The predicted molar refractivity (Wildman–Crippen MR) is 74.6 cm³/mol. The molecule has 1 aliphatic carbocycles. The van der Waals surface area contributed by atoms with Crippen LogP contribution in [0.5, 0.6) is 0 Å². The topological polar surface area (TPSA) is 55.0 Å². The standard InChI is InChI=1S/C14H24N4/c1-10(15)13-9-16-14(17-11(13)2)18(3)12-7-5-4-6-8-12/h9-10,12H,4-8,15H2,1-3H3/t10-/m1/s1. The van der Waals surface area contributed by atoms with E-state index in [4.69, 9.17) is 5.73 Å². The van der Waals surface area contributed by atoms with Gasteiger partial charge in [0.25, 0.3) is 0 Å². The fourth-order valence-corrected chi connectivity index (χ4v) is 2.71. The highest BCUT2D eigenvalue weighted by Gasteiger charge is 2.20. The number of nitrogens with zero attached hydrogens (tertiary/aromatic N) is 3. The molecule has 0 amide bonds. The lowest BCUT2D eigenvalue weighted by molar-refractivity contribution is 0.424. The molecule has 4 nitrogen and oxygen atoms in total. The molecule has 4 heteroatoms. The van der Waals surface area contributed by atoms with E-state index in [0.717, 1.165) is 17.2 Å². The number of rotatable bonds is 3. The minimum atomic E-state index is -0.000892. The van der Waals surface area contributed by atoms with Crippen molar-refractivity contribution in [2.24, 2.45) is 5.73 Å². The van der Waals surface area contributed by atoms with Gasteiger partial charge in [0.1, 0.15) is 0 Å². The number of anilines is 1. The van der Waals surface area contributed by atoms with Gasteiger partial charge in [-0.05, 0) is 26.7 Å². The largest absolute Gasteiger partial charge is 0.341 e. The highest BCUT2D eigenvalue weighted by atomic mass is 15.2. The molecule has 1 fully saturated rings. The van der Waals surface area contributed by atoms with Gasteiger partial charge in [-0.15, -0.1) is 0 Å². The quantitative estimate of drug-likeness (QED) is 0.893. The molecule has 0 saturated heterocycles. The summed E-state index contributed by atoms with van der Waals surface area (Å²) in [6, 6.07) is 0.596. The van der Waals surface area contributed by atoms with E-state index in [2.05, 4.69) is 21.9 Å². The van der Waals surface area contributed by atoms with Crippen molar-refractivity contribution in [2.45, 2.75) is 58.0 Å². The Kier molecular flexibility index (Phi) is 4.17. The Morgan fingerprint density at radius 1 is 1.33 bits per heavy atom. The summed E-state index contributed by atoms with van der Waals surface area (Å²) in [5.74, 6) is 0.837. The molecule has 2 N–H and O–H groups in total. The normalized spacial score (nSPS) is 18.7. The summed E-state index contributed by atoms with van der Waals surface area (Å²) in [5.41, 5.74) is 7.93. The van der Waals surface area contributed by atoms with E-state index in [1.165, 1.54) is 32.1 Å². The maximum absolute atomic E-state index is 5.89. The van der Waals surface area contributed by atoms with E-state index in [0.29, 0.717) is 6.04 Å². The van der Waals surface area contributed by atoms with Crippen molar-refractivity contribution in [3.63, 3.8) is 0 Å². The highest BCUT2D eigenvalue weighted by molar-refractivity contribution is 5.34. The van der Waals surface area contributed by atoms with Crippen molar-refractivity contribution in [3.8, 4) is 0 Å². The van der Waals surface area contributed by atoms with Crippen LogP contribution in [0.2, 0.25) is 0 Å². The van der Waals surface area contributed by atoms with E-state index in [9.17, 15) is 0 Å². The maximum Gasteiger partial charge on any atom is 0.225 e. The summed E-state index contributed by atoms with van der Waals surface area (Å²) in [4.78, 5) is 11.3. The summed E-state index contributed by atoms with van der Waals surface area (Å²) in [5, 5.41) is 0. The van der Waals surface area contributed by atoms with Gasteiger partial charge in [-0.25, -0.2) is 9.97 Å². The summed E-state index contributed by atoms with van der Waals surface area (Å²) >= 11 is 0. The predicted octanol–water partition coefficient (Wildman–Crippen LogP) is 2.57. The molecular formula is C14H24N4. The third kappa shape index (κ3) is 2.80. The second kappa shape index (κ2) is 5.65. The van der Waals surface area contributed by atoms with E-state index < -0.39 is 0 Å². The molecule has 100 valence electrons. The van der Waals surface area contributed by atoms with Crippen molar-refractivity contribution in [1.82, 2.24) is 9.97 Å². The molecule has 1 heterocycles. The molecular weight excluding hydrogens is 224 g/mol. The highest BCUT2D eigenvalue weighted by Crippen LogP contribution is 2.24. The molecule has 1 aromatic rings. The second-order valence-electron chi connectivity index (χ2n) is 5.40. The summed E-state index contributed by atoms with van der Waals surface area (Å²) in [6.45, 7) is 3.98. The number of hydrogen-bond donors (Lipinski definition) is 1. The van der Waals surface area contributed by atoms with Crippen molar-refractivity contribution >= 4 is 5.95 Å². The van der Waals surface area contributed by atoms with Crippen LogP contribution in [-0.2, 0) is 0 Å². The Hall–Kier alpha value is -1.16. The average molecular weight is 248 g/mol. The molecule has 0 aromatic carbocycles. The Labute approximate surface area is 110 Å². The minimum absolute atomic E-state index is 0.000892. The lowest BCUT2D eigenvalue weighted by Crippen LogP contribution is -2.34. The number of aryl methyl sites for hydroxylation is 1. The van der Waals surface area contributed by atoms with Crippen LogP contribution >= 0.6 is 0 Å². The molecule has 1 aliphatic rings. The first-order valence-electron chi connectivity index (χ1n) is 6.91. The van der Waals surface area contributed by atoms with Crippen LogP contribution in [0.4, 0.5) is 5.95 Å². The zero-order chi connectivity index (χ0) is 13.1. The van der Waals surface area contributed by atoms with Gasteiger partial charge < -0.3 is 10.6 Å². The lowest BCUT2D eigenvalue weighted by Gasteiger charge is -2.31. The van der Waals surface area contributed by atoms with Gasteiger partial charge in [0.2, 0.25) is 5.95 Å². The first kappa shape index (κ1) is 13.3. The lowest BCUT2D eigenvalue weighted by atomic mass is 9.95. The average Bonchev–Trinajstić information content (AvgIpc) is 2.38. The van der Waals surface area contributed by atoms with E-state index in [-0.39, 0.29) is 6.04 Å². The molecule has 0 bridgehead atoms. The van der Waals surface area contributed by atoms with Gasteiger partial charge >= 0.3 is 0 Å². The molecule has 0 spiro atoms. The maximum atomic E-state index is 5.89. The third-order valence-corrected chi connectivity index (χ3v) is 3.93. The molecule has 0 unspecified atom stereocenters. The molecule has 2 rings (SSSR count). The molecule has 1 aromatic heterocycles. The molecule has 0 aliphatic heterocycles. The van der Waals surface area contributed by atoms with E-state index >= 15 is 0 Å². The smallest absolute Gasteiger partial charge is 0.225 e. The Balaban J connectivity index is 2.15.